The average Bonchev–Trinajstić information content (AvgIpc) is 2.82. The molecule has 0 spiro atoms. The summed E-state index contributed by atoms with van der Waals surface area (Å²) in [7, 11) is 0. The summed E-state index contributed by atoms with van der Waals surface area (Å²) in [6.45, 7) is 1.81. The zero-order chi connectivity index (χ0) is 14.1. The maximum Gasteiger partial charge on any atom is 0.130 e. The molecule has 3 rings (SSSR count). The van der Waals surface area contributed by atoms with Crippen LogP contribution in [-0.2, 0) is 6.42 Å². The van der Waals surface area contributed by atoms with Crippen molar-refractivity contribution in [2.24, 2.45) is 0 Å². The summed E-state index contributed by atoms with van der Waals surface area (Å²) in [5, 5.41) is 3.35. The van der Waals surface area contributed by atoms with Gasteiger partial charge in [0.15, 0.2) is 0 Å². The van der Waals surface area contributed by atoms with E-state index in [1.807, 2.05) is 19.1 Å². The Bertz CT molecular complexity index is 604. The molecule has 3 heteroatoms. The van der Waals surface area contributed by atoms with E-state index < -0.39 is 11.6 Å². The van der Waals surface area contributed by atoms with Crippen molar-refractivity contribution in [1.29, 1.82) is 0 Å². The van der Waals surface area contributed by atoms with Gasteiger partial charge >= 0.3 is 0 Å². The van der Waals surface area contributed by atoms with Crippen LogP contribution in [0.2, 0.25) is 0 Å². The Labute approximate surface area is 117 Å². The number of nitrogens with one attached hydrogen (secondary N) is 1. The van der Waals surface area contributed by atoms with E-state index in [-0.39, 0.29) is 17.6 Å². The number of fused-ring (bicyclic) bond motifs is 1. The monoisotopic (exact) mass is 273 g/mol. The third-order valence-electron chi connectivity index (χ3n) is 4.02. The molecule has 0 radical (unpaired) electrons. The van der Waals surface area contributed by atoms with Gasteiger partial charge in [0.25, 0.3) is 0 Å². The van der Waals surface area contributed by atoms with Gasteiger partial charge in [0.1, 0.15) is 11.6 Å². The maximum absolute atomic E-state index is 13.8. The van der Waals surface area contributed by atoms with Crippen molar-refractivity contribution in [3.05, 3.63) is 70.8 Å². The van der Waals surface area contributed by atoms with Gasteiger partial charge in [-0.05, 0) is 43.0 Å². The molecule has 0 saturated carbocycles. The summed E-state index contributed by atoms with van der Waals surface area (Å²) in [5.41, 5.74) is 2.69. The lowest BCUT2D eigenvalue weighted by molar-refractivity contribution is 0.431. The van der Waals surface area contributed by atoms with Crippen LogP contribution in [0, 0.1) is 11.6 Å². The van der Waals surface area contributed by atoms with Crippen LogP contribution in [0.25, 0.3) is 0 Å². The number of rotatable bonds is 3. The van der Waals surface area contributed by atoms with Crippen LogP contribution >= 0.6 is 0 Å². The lowest BCUT2D eigenvalue weighted by atomic mass is 10.0. The second-order valence-corrected chi connectivity index (χ2v) is 5.31. The van der Waals surface area contributed by atoms with Crippen LogP contribution in [0.1, 0.15) is 42.1 Å². The summed E-state index contributed by atoms with van der Waals surface area (Å²) in [6, 6.07) is 12.1. The van der Waals surface area contributed by atoms with Crippen molar-refractivity contribution in [2.75, 3.05) is 0 Å². The van der Waals surface area contributed by atoms with E-state index in [1.54, 1.807) is 0 Å². The molecule has 0 aliphatic heterocycles. The normalized spacial score (nSPS) is 18.9. The summed E-state index contributed by atoms with van der Waals surface area (Å²) in [4.78, 5) is 0. The zero-order valence-electron chi connectivity index (χ0n) is 11.4. The minimum Gasteiger partial charge on any atom is -0.303 e. The molecule has 1 aliphatic carbocycles. The van der Waals surface area contributed by atoms with Crippen LogP contribution in [0.3, 0.4) is 0 Å². The number of aryl methyl sites for hydroxylation is 1. The first-order valence-electron chi connectivity index (χ1n) is 6.94. The molecule has 0 heterocycles. The number of benzene rings is 2. The first-order chi connectivity index (χ1) is 9.66. The van der Waals surface area contributed by atoms with Crippen LogP contribution in [0.15, 0.2) is 42.5 Å². The molecule has 1 N–H and O–H groups in total. The maximum atomic E-state index is 13.8. The van der Waals surface area contributed by atoms with Crippen molar-refractivity contribution in [3.8, 4) is 0 Å². The van der Waals surface area contributed by atoms with E-state index in [9.17, 15) is 8.78 Å². The largest absolute Gasteiger partial charge is 0.303 e. The van der Waals surface area contributed by atoms with Crippen molar-refractivity contribution in [3.63, 3.8) is 0 Å². The highest BCUT2D eigenvalue weighted by Gasteiger charge is 2.25. The minimum atomic E-state index is -0.490. The lowest BCUT2D eigenvalue weighted by Gasteiger charge is -2.21. The predicted octanol–water partition coefficient (Wildman–Crippen LogP) is 4.30. The van der Waals surface area contributed by atoms with Crippen LogP contribution in [-0.4, -0.2) is 0 Å². The number of halogens is 2. The van der Waals surface area contributed by atoms with Crippen LogP contribution < -0.4 is 5.32 Å². The first-order valence-corrected chi connectivity index (χ1v) is 6.94. The van der Waals surface area contributed by atoms with Crippen LogP contribution in [0.4, 0.5) is 8.78 Å². The third-order valence-corrected chi connectivity index (χ3v) is 4.02. The standard InChI is InChI=1S/C17H17F2N/c1-11(17-14(18)7-4-8-15(17)19)20-16-10-9-12-5-2-3-6-13(12)16/h2-8,11,16,20H,9-10H2,1H3. The highest BCUT2D eigenvalue weighted by atomic mass is 19.1. The van der Waals surface area contributed by atoms with Gasteiger partial charge in [-0.2, -0.15) is 0 Å². The third kappa shape index (κ3) is 2.34. The molecular formula is C17H17F2N. The SMILES string of the molecule is CC(NC1CCc2ccccc21)c1c(F)cccc1F. The molecule has 104 valence electrons. The summed E-state index contributed by atoms with van der Waals surface area (Å²) in [5.74, 6) is -0.979. The molecule has 0 amide bonds. The summed E-state index contributed by atoms with van der Waals surface area (Å²) in [6.07, 6.45) is 1.99. The highest BCUT2D eigenvalue weighted by molar-refractivity contribution is 5.35. The Morgan fingerprint density at radius 3 is 2.50 bits per heavy atom. The fraction of sp³-hybridized carbons (Fsp3) is 0.294. The molecule has 0 aromatic heterocycles. The average molecular weight is 273 g/mol. The number of hydrogen-bond acceptors (Lipinski definition) is 1. The second kappa shape index (κ2) is 5.33. The predicted molar refractivity (Wildman–Crippen MR) is 75.4 cm³/mol. The number of hydrogen-bond donors (Lipinski definition) is 1. The molecule has 0 bridgehead atoms. The van der Waals surface area contributed by atoms with Crippen molar-refractivity contribution >= 4 is 0 Å². The smallest absolute Gasteiger partial charge is 0.130 e. The first kappa shape index (κ1) is 13.3. The summed E-state index contributed by atoms with van der Waals surface area (Å²) < 4.78 is 27.6. The van der Waals surface area contributed by atoms with E-state index in [2.05, 4.69) is 17.4 Å². The Kier molecular flexibility index (Phi) is 3.53. The molecule has 1 aliphatic rings. The van der Waals surface area contributed by atoms with Gasteiger partial charge in [0.05, 0.1) is 0 Å². The van der Waals surface area contributed by atoms with Crippen LogP contribution in [0.5, 0.6) is 0 Å². The Morgan fingerprint density at radius 2 is 1.75 bits per heavy atom. The van der Waals surface area contributed by atoms with Gasteiger partial charge in [-0.3, -0.25) is 0 Å². The van der Waals surface area contributed by atoms with Gasteiger partial charge < -0.3 is 5.32 Å². The molecule has 0 saturated heterocycles. The topological polar surface area (TPSA) is 12.0 Å². The fourth-order valence-electron chi connectivity index (χ4n) is 3.04. The van der Waals surface area contributed by atoms with E-state index in [0.717, 1.165) is 12.8 Å². The van der Waals surface area contributed by atoms with Gasteiger partial charge in [-0.15, -0.1) is 0 Å². The van der Waals surface area contributed by atoms with Gasteiger partial charge in [0.2, 0.25) is 0 Å². The van der Waals surface area contributed by atoms with E-state index in [1.165, 1.54) is 29.3 Å². The Hall–Kier alpha value is -1.74. The van der Waals surface area contributed by atoms with Crippen molar-refractivity contribution in [1.82, 2.24) is 5.32 Å². The molecule has 2 aromatic carbocycles. The van der Waals surface area contributed by atoms with E-state index in [4.69, 9.17) is 0 Å². The molecule has 20 heavy (non-hydrogen) atoms. The van der Waals surface area contributed by atoms with Gasteiger partial charge in [-0.1, -0.05) is 30.3 Å². The molecular weight excluding hydrogens is 256 g/mol. The van der Waals surface area contributed by atoms with Gasteiger partial charge in [-0.25, -0.2) is 8.78 Å². The Morgan fingerprint density at radius 1 is 1.05 bits per heavy atom. The summed E-state index contributed by atoms with van der Waals surface area (Å²) >= 11 is 0. The van der Waals surface area contributed by atoms with E-state index >= 15 is 0 Å². The molecule has 1 nitrogen and oxygen atoms in total. The molecule has 2 unspecified atom stereocenters. The minimum absolute atomic E-state index is 0.122. The lowest BCUT2D eigenvalue weighted by Crippen LogP contribution is -2.24. The van der Waals surface area contributed by atoms with Crippen molar-refractivity contribution < 1.29 is 8.78 Å². The molecule has 2 atom stereocenters. The Balaban J connectivity index is 1.82. The van der Waals surface area contributed by atoms with E-state index in [0.29, 0.717) is 0 Å². The zero-order valence-corrected chi connectivity index (χ0v) is 11.4. The quantitative estimate of drug-likeness (QED) is 0.879. The fourth-order valence-corrected chi connectivity index (χ4v) is 3.04. The molecule has 2 aromatic rings. The second-order valence-electron chi connectivity index (χ2n) is 5.31. The highest BCUT2D eigenvalue weighted by Crippen LogP contribution is 2.33. The molecule has 0 fully saturated rings. The van der Waals surface area contributed by atoms with Crippen molar-refractivity contribution in [2.45, 2.75) is 31.8 Å². The van der Waals surface area contributed by atoms with Gasteiger partial charge in [0, 0.05) is 17.6 Å².